The normalized spacial score (nSPS) is 9.70. The minimum atomic E-state index is -1.35. The Labute approximate surface area is 112 Å². The Morgan fingerprint density at radius 2 is 1.85 bits per heavy atom. The molecule has 0 saturated heterocycles. The van der Waals surface area contributed by atoms with Crippen LogP contribution in [0.2, 0.25) is 0 Å². The van der Waals surface area contributed by atoms with Crippen molar-refractivity contribution in [1.82, 2.24) is 4.90 Å². The van der Waals surface area contributed by atoms with Gasteiger partial charge in [0.1, 0.15) is 18.0 Å². The predicted molar refractivity (Wildman–Crippen MR) is 63.4 cm³/mol. The van der Waals surface area contributed by atoms with E-state index in [1.54, 1.807) is 0 Å². The highest BCUT2D eigenvalue weighted by molar-refractivity contribution is 5.91. The van der Waals surface area contributed by atoms with Crippen molar-refractivity contribution in [1.29, 1.82) is 0 Å². The summed E-state index contributed by atoms with van der Waals surface area (Å²) in [6.45, 7) is -1.12. The van der Waals surface area contributed by atoms with Gasteiger partial charge >= 0.3 is 12.0 Å². The molecular weight excluding hydrogens is 277 g/mol. The standard InChI is InChI=1S/C12H9F3N2O3/c1-2-3-17(6-10(18)19)12(20)16-11-8(14)4-7(13)5-9(11)15/h1,4-5H,3,6H2,(H,16,20)(H,18,19). The Hall–Kier alpha value is -2.69. The summed E-state index contributed by atoms with van der Waals surface area (Å²) in [5, 5.41) is 10.4. The second-order valence-electron chi connectivity index (χ2n) is 3.63. The fourth-order valence-corrected chi connectivity index (χ4v) is 1.32. The first-order valence-electron chi connectivity index (χ1n) is 5.21. The molecule has 0 spiro atoms. The van der Waals surface area contributed by atoms with Crippen LogP contribution < -0.4 is 5.32 Å². The molecule has 1 aromatic carbocycles. The number of terminal acetylenes is 1. The van der Waals surface area contributed by atoms with E-state index in [2.05, 4.69) is 0 Å². The first kappa shape index (κ1) is 15.4. The second kappa shape index (κ2) is 6.47. The predicted octanol–water partition coefficient (Wildman–Crippen LogP) is 1.66. The van der Waals surface area contributed by atoms with Crippen LogP contribution in [0.4, 0.5) is 23.7 Å². The van der Waals surface area contributed by atoms with Crippen LogP contribution in [0.3, 0.4) is 0 Å². The summed E-state index contributed by atoms with van der Waals surface area (Å²) < 4.78 is 39.3. The van der Waals surface area contributed by atoms with Gasteiger partial charge in [-0.2, -0.15) is 0 Å². The Bertz CT molecular complexity index is 561. The lowest BCUT2D eigenvalue weighted by molar-refractivity contribution is -0.137. The number of aliphatic carboxylic acids is 1. The van der Waals surface area contributed by atoms with Crippen molar-refractivity contribution >= 4 is 17.7 Å². The Kier molecular flexibility index (Phi) is 4.97. The maximum Gasteiger partial charge on any atom is 0.323 e. The lowest BCUT2D eigenvalue weighted by Gasteiger charge is -2.19. The van der Waals surface area contributed by atoms with Gasteiger partial charge < -0.3 is 15.3 Å². The molecule has 0 aromatic heterocycles. The number of carbonyl (C=O) groups excluding carboxylic acids is 1. The molecule has 0 aliphatic carbocycles. The van der Waals surface area contributed by atoms with Crippen LogP contribution >= 0.6 is 0 Å². The minimum Gasteiger partial charge on any atom is -0.480 e. The fraction of sp³-hybridized carbons (Fsp3) is 0.167. The average molecular weight is 286 g/mol. The Balaban J connectivity index is 2.94. The van der Waals surface area contributed by atoms with Crippen LogP contribution in [-0.2, 0) is 4.79 Å². The molecule has 0 radical (unpaired) electrons. The highest BCUT2D eigenvalue weighted by Gasteiger charge is 2.20. The van der Waals surface area contributed by atoms with Crippen molar-refractivity contribution in [2.75, 3.05) is 18.4 Å². The molecule has 0 aliphatic heterocycles. The monoisotopic (exact) mass is 286 g/mol. The van der Waals surface area contributed by atoms with Crippen LogP contribution in [0, 0.1) is 29.8 Å². The Morgan fingerprint density at radius 3 is 2.30 bits per heavy atom. The van der Waals surface area contributed by atoms with E-state index in [0.717, 1.165) is 0 Å². The van der Waals surface area contributed by atoms with Crippen LogP contribution in [-0.4, -0.2) is 35.1 Å². The smallest absolute Gasteiger partial charge is 0.323 e. The van der Waals surface area contributed by atoms with E-state index in [9.17, 15) is 22.8 Å². The third-order valence-corrected chi connectivity index (χ3v) is 2.13. The van der Waals surface area contributed by atoms with Crippen molar-refractivity contribution in [3.63, 3.8) is 0 Å². The van der Waals surface area contributed by atoms with Gasteiger partial charge in [0.05, 0.1) is 6.54 Å². The summed E-state index contributed by atoms with van der Waals surface area (Å²) in [6.07, 6.45) is 4.95. The van der Waals surface area contributed by atoms with E-state index >= 15 is 0 Å². The molecule has 0 bridgehead atoms. The van der Waals surface area contributed by atoms with Crippen molar-refractivity contribution in [2.45, 2.75) is 0 Å². The molecule has 2 amide bonds. The lowest BCUT2D eigenvalue weighted by atomic mass is 10.3. The molecule has 0 unspecified atom stereocenters. The molecule has 0 saturated carbocycles. The number of carboxylic acid groups (broad SMARTS) is 1. The lowest BCUT2D eigenvalue weighted by Crippen LogP contribution is -2.39. The van der Waals surface area contributed by atoms with Gasteiger partial charge in [0.25, 0.3) is 0 Å². The van der Waals surface area contributed by atoms with Gasteiger partial charge in [-0.3, -0.25) is 4.79 Å². The van der Waals surface area contributed by atoms with Gasteiger partial charge in [0.15, 0.2) is 11.6 Å². The number of benzene rings is 1. The molecule has 0 atom stereocenters. The second-order valence-corrected chi connectivity index (χ2v) is 3.63. The van der Waals surface area contributed by atoms with Crippen molar-refractivity contribution in [2.24, 2.45) is 0 Å². The number of urea groups is 1. The zero-order valence-electron chi connectivity index (χ0n) is 9.99. The number of halogens is 3. The van der Waals surface area contributed by atoms with Gasteiger partial charge in [0.2, 0.25) is 0 Å². The van der Waals surface area contributed by atoms with Crippen LogP contribution in [0.5, 0.6) is 0 Å². The van der Waals surface area contributed by atoms with E-state index in [0.29, 0.717) is 17.0 Å². The maximum atomic E-state index is 13.3. The third-order valence-electron chi connectivity index (χ3n) is 2.13. The van der Waals surface area contributed by atoms with Gasteiger partial charge in [-0.15, -0.1) is 6.42 Å². The molecule has 0 aliphatic rings. The molecule has 20 heavy (non-hydrogen) atoms. The number of rotatable bonds is 4. The number of nitrogens with one attached hydrogen (secondary N) is 1. The molecule has 0 fully saturated rings. The van der Waals surface area contributed by atoms with E-state index in [1.807, 2.05) is 11.2 Å². The SMILES string of the molecule is C#CCN(CC(=O)O)C(=O)Nc1c(F)cc(F)cc1F. The minimum absolute atomic E-state index is 0.372. The molecule has 5 nitrogen and oxygen atoms in total. The van der Waals surface area contributed by atoms with Gasteiger partial charge in [-0.05, 0) is 0 Å². The highest BCUT2D eigenvalue weighted by atomic mass is 19.1. The zero-order valence-corrected chi connectivity index (χ0v) is 9.99. The van der Waals surface area contributed by atoms with E-state index in [-0.39, 0.29) is 6.54 Å². The van der Waals surface area contributed by atoms with E-state index in [4.69, 9.17) is 11.5 Å². The zero-order chi connectivity index (χ0) is 15.3. The summed E-state index contributed by atoms with van der Waals surface area (Å²) in [5.41, 5.74) is -0.885. The summed E-state index contributed by atoms with van der Waals surface area (Å²) in [5.74, 6) is -3.12. The average Bonchev–Trinajstić information content (AvgIpc) is 2.32. The number of carboxylic acids is 1. The van der Waals surface area contributed by atoms with Gasteiger partial charge in [0, 0.05) is 12.1 Å². The summed E-state index contributed by atoms with van der Waals surface area (Å²) in [4.78, 5) is 22.8. The quantitative estimate of drug-likeness (QED) is 0.827. The van der Waals surface area contributed by atoms with Gasteiger partial charge in [-0.25, -0.2) is 18.0 Å². The molecular formula is C12H9F3N2O3. The molecule has 0 heterocycles. The fourth-order valence-electron chi connectivity index (χ4n) is 1.32. The van der Waals surface area contributed by atoms with Crippen molar-refractivity contribution in [3.8, 4) is 12.3 Å². The third kappa shape index (κ3) is 3.91. The number of hydrogen-bond donors (Lipinski definition) is 2. The number of hydrogen-bond acceptors (Lipinski definition) is 2. The highest BCUT2D eigenvalue weighted by Crippen LogP contribution is 2.20. The Morgan fingerprint density at radius 1 is 1.30 bits per heavy atom. The molecule has 1 rings (SSSR count). The first-order valence-corrected chi connectivity index (χ1v) is 5.21. The first-order chi connectivity index (χ1) is 9.35. The van der Waals surface area contributed by atoms with Crippen molar-refractivity contribution < 1.29 is 27.9 Å². The van der Waals surface area contributed by atoms with Gasteiger partial charge in [-0.1, -0.05) is 5.92 Å². The molecule has 2 N–H and O–H groups in total. The molecule has 1 aromatic rings. The number of amides is 2. The number of nitrogens with zero attached hydrogens (tertiary/aromatic N) is 1. The van der Waals surface area contributed by atoms with Crippen LogP contribution in [0.15, 0.2) is 12.1 Å². The number of anilines is 1. The van der Waals surface area contributed by atoms with E-state index < -0.39 is 41.7 Å². The topological polar surface area (TPSA) is 69.6 Å². The van der Waals surface area contributed by atoms with E-state index in [1.165, 1.54) is 0 Å². The largest absolute Gasteiger partial charge is 0.480 e. The summed E-state index contributed by atoms with van der Waals surface area (Å²) in [7, 11) is 0. The van der Waals surface area contributed by atoms with Crippen molar-refractivity contribution in [3.05, 3.63) is 29.6 Å². The molecule has 106 valence electrons. The summed E-state index contributed by atoms with van der Waals surface area (Å²) >= 11 is 0. The summed E-state index contributed by atoms with van der Waals surface area (Å²) in [6, 6.07) is -0.363. The maximum absolute atomic E-state index is 13.3. The van der Waals surface area contributed by atoms with Crippen LogP contribution in [0.1, 0.15) is 0 Å². The molecule has 8 heteroatoms. The number of carbonyl (C=O) groups is 2. The van der Waals surface area contributed by atoms with Crippen LogP contribution in [0.25, 0.3) is 0 Å².